The van der Waals surface area contributed by atoms with Crippen molar-refractivity contribution in [3.63, 3.8) is 0 Å². The molecule has 0 heterocycles. The minimum absolute atomic E-state index is 0.913. The first-order chi connectivity index (χ1) is 10.3. The van der Waals surface area contributed by atoms with Crippen LogP contribution in [0.5, 0.6) is 0 Å². The largest absolute Gasteiger partial charge is 0.300 e. The number of nitrogens with zero attached hydrogens (tertiary/aromatic N) is 1. The normalized spacial score (nSPS) is 33.4. The molecule has 0 atom stereocenters. The Morgan fingerprint density at radius 1 is 0.571 bits per heavy atom. The van der Waals surface area contributed by atoms with Gasteiger partial charge in [-0.3, -0.25) is 0 Å². The Balaban J connectivity index is 1.39. The predicted octanol–water partition coefficient (Wildman–Crippen LogP) is 5.78. The van der Waals surface area contributed by atoms with Crippen LogP contribution in [0.25, 0.3) is 0 Å². The molecule has 0 aliphatic heterocycles. The molecule has 3 fully saturated rings. The van der Waals surface area contributed by atoms with Crippen LogP contribution in [0.2, 0.25) is 0 Å². The summed E-state index contributed by atoms with van der Waals surface area (Å²) >= 11 is 0. The van der Waals surface area contributed by atoms with E-state index in [1.54, 1.807) is 19.3 Å². The second-order valence-corrected chi connectivity index (χ2v) is 8.37. The molecule has 0 N–H and O–H groups in total. The van der Waals surface area contributed by atoms with E-state index in [0.717, 1.165) is 23.9 Å². The van der Waals surface area contributed by atoms with Gasteiger partial charge < -0.3 is 4.90 Å². The molecule has 3 rings (SSSR count). The number of hydrogen-bond donors (Lipinski definition) is 0. The van der Waals surface area contributed by atoms with Crippen molar-refractivity contribution in [2.45, 2.75) is 108 Å². The fraction of sp³-hybridized carbons (Fsp3) is 1.00. The summed E-state index contributed by atoms with van der Waals surface area (Å²) in [6.45, 7) is 0. The van der Waals surface area contributed by atoms with Gasteiger partial charge in [0.1, 0.15) is 0 Å². The van der Waals surface area contributed by atoms with Gasteiger partial charge in [0.2, 0.25) is 0 Å². The van der Waals surface area contributed by atoms with E-state index in [-0.39, 0.29) is 0 Å². The summed E-state index contributed by atoms with van der Waals surface area (Å²) in [6.07, 6.45) is 22.6. The molecule has 0 radical (unpaired) electrons. The first-order valence-corrected chi connectivity index (χ1v) is 10.0. The van der Waals surface area contributed by atoms with Gasteiger partial charge in [-0.05, 0) is 63.8 Å². The number of rotatable bonds is 4. The van der Waals surface area contributed by atoms with E-state index >= 15 is 0 Å². The average molecular weight is 292 g/mol. The first kappa shape index (κ1) is 15.8. The molecule has 3 saturated carbocycles. The third-order valence-electron chi connectivity index (χ3n) is 6.93. The zero-order valence-electron chi connectivity index (χ0n) is 14.4. The van der Waals surface area contributed by atoms with Crippen LogP contribution in [0.4, 0.5) is 0 Å². The molecule has 0 bridgehead atoms. The van der Waals surface area contributed by atoms with E-state index in [0.29, 0.717) is 0 Å². The molecule has 1 heteroatoms. The molecule has 0 spiro atoms. The minimum atomic E-state index is 0.913. The Labute approximate surface area is 132 Å². The molecule has 122 valence electrons. The Bertz CT molecular complexity index is 280. The molecule has 0 aromatic heterocycles. The third-order valence-corrected chi connectivity index (χ3v) is 6.93. The minimum Gasteiger partial charge on any atom is -0.300 e. The van der Waals surface area contributed by atoms with Gasteiger partial charge in [0, 0.05) is 12.1 Å². The Morgan fingerprint density at radius 3 is 1.67 bits per heavy atom. The molecular formula is C20H37N. The van der Waals surface area contributed by atoms with Crippen molar-refractivity contribution in [3.8, 4) is 0 Å². The molecule has 21 heavy (non-hydrogen) atoms. The summed E-state index contributed by atoms with van der Waals surface area (Å²) in [5, 5.41) is 0. The van der Waals surface area contributed by atoms with Crippen molar-refractivity contribution >= 4 is 0 Å². The van der Waals surface area contributed by atoms with E-state index in [9.17, 15) is 0 Å². The summed E-state index contributed by atoms with van der Waals surface area (Å²) in [7, 11) is 2.43. The third kappa shape index (κ3) is 4.47. The van der Waals surface area contributed by atoms with Gasteiger partial charge in [0.05, 0.1) is 0 Å². The zero-order chi connectivity index (χ0) is 14.5. The van der Waals surface area contributed by atoms with Gasteiger partial charge >= 0.3 is 0 Å². The van der Waals surface area contributed by atoms with E-state index in [1.807, 2.05) is 0 Å². The molecule has 0 unspecified atom stereocenters. The molecule has 0 saturated heterocycles. The van der Waals surface area contributed by atoms with Crippen molar-refractivity contribution in [1.29, 1.82) is 0 Å². The average Bonchev–Trinajstić information content (AvgIpc) is 2.57. The van der Waals surface area contributed by atoms with Crippen LogP contribution in [0.15, 0.2) is 0 Å². The quantitative estimate of drug-likeness (QED) is 0.634. The van der Waals surface area contributed by atoms with Gasteiger partial charge in [-0.2, -0.15) is 0 Å². The highest BCUT2D eigenvalue weighted by Crippen LogP contribution is 2.37. The van der Waals surface area contributed by atoms with Crippen molar-refractivity contribution in [1.82, 2.24) is 4.90 Å². The van der Waals surface area contributed by atoms with Gasteiger partial charge in [-0.15, -0.1) is 0 Å². The van der Waals surface area contributed by atoms with Crippen molar-refractivity contribution in [3.05, 3.63) is 0 Å². The second kappa shape index (κ2) is 7.99. The smallest absolute Gasteiger partial charge is 0.00953 e. The summed E-state index contributed by atoms with van der Waals surface area (Å²) in [5.74, 6) is 2.17. The van der Waals surface area contributed by atoms with E-state index < -0.39 is 0 Å². The first-order valence-electron chi connectivity index (χ1n) is 10.0. The van der Waals surface area contributed by atoms with Crippen LogP contribution in [0.1, 0.15) is 96.3 Å². The monoisotopic (exact) mass is 291 g/mol. The van der Waals surface area contributed by atoms with Crippen LogP contribution in [-0.2, 0) is 0 Å². The zero-order valence-corrected chi connectivity index (χ0v) is 14.4. The highest BCUT2D eigenvalue weighted by atomic mass is 15.2. The maximum atomic E-state index is 2.79. The van der Waals surface area contributed by atoms with Gasteiger partial charge in [-0.25, -0.2) is 0 Å². The molecule has 0 aromatic rings. The molecule has 1 nitrogen and oxygen atoms in total. The van der Waals surface area contributed by atoms with Gasteiger partial charge in [0.25, 0.3) is 0 Å². The van der Waals surface area contributed by atoms with Crippen LogP contribution in [-0.4, -0.2) is 24.0 Å². The van der Waals surface area contributed by atoms with Gasteiger partial charge in [0.15, 0.2) is 0 Å². The van der Waals surface area contributed by atoms with Crippen LogP contribution in [0.3, 0.4) is 0 Å². The van der Waals surface area contributed by atoms with E-state index in [2.05, 4.69) is 11.9 Å². The van der Waals surface area contributed by atoms with Crippen LogP contribution in [0, 0.1) is 11.8 Å². The Morgan fingerprint density at radius 2 is 1.05 bits per heavy atom. The summed E-state index contributed by atoms with van der Waals surface area (Å²) in [4.78, 5) is 2.79. The summed E-state index contributed by atoms with van der Waals surface area (Å²) < 4.78 is 0. The Hall–Kier alpha value is -0.0400. The molecule has 3 aliphatic rings. The Kier molecular flexibility index (Phi) is 6.03. The standard InChI is InChI=1S/C20H37N/c1-21(19-10-6-3-7-11-19)20-14-12-18(13-15-20)16-17-8-4-2-5-9-17/h17-20H,2-16H2,1H3. The fourth-order valence-electron chi connectivity index (χ4n) is 5.47. The molecular weight excluding hydrogens is 254 g/mol. The predicted molar refractivity (Wildman–Crippen MR) is 91.6 cm³/mol. The second-order valence-electron chi connectivity index (χ2n) is 8.37. The van der Waals surface area contributed by atoms with Gasteiger partial charge in [-0.1, -0.05) is 51.4 Å². The summed E-state index contributed by atoms with van der Waals surface area (Å²) in [6, 6.07) is 1.83. The van der Waals surface area contributed by atoms with Crippen molar-refractivity contribution < 1.29 is 0 Å². The van der Waals surface area contributed by atoms with Crippen molar-refractivity contribution in [2.75, 3.05) is 7.05 Å². The van der Waals surface area contributed by atoms with E-state index in [4.69, 9.17) is 0 Å². The highest BCUT2D eigenvalue weighted by molar-refractivity contribution is 4.84. The van der Waals surface area contributed by atoms with Crippen LogP contribution >= 0.6 is 0 Å². The summed E-state index contributed by atoms with van der Waals surface area (Å²) in [5.41, 5.74) is 0. The highest BCUT2D eigenvalue weighted by Gasteiger charge is 2.29. The lowest BCUT2D eigenvalue weighted by Crippen LogP contribution is -2.43. The maximum absolute atomic E-state index is 2.79. The van der Waals surface area contributed by atoms with Crippen LogP contribution < -0.4 is 0 Å². The lowest BCUT2D eigenvalue weighted by molar-refractivity contribution is 0.0914. The lowest BCUT2D eigenvalue weighted by Gasteiger charge is -2.41. The van der Waals surface area contributed by atoms with E-state index in [1.165, 1.54) is 77.0 Å². The molecule has 0 aromatic carbocycles. The maximum Gasteiger partial charge on any atom is 0.00953 e. The SMILES string of the molecule is CN(C1CCCCC1)C1CCC(CC2CCCCC2)CC1. The fourth-order valence-corrected chi connectivity index (χ4v) is 5.47. The molecule has 3 aliphatic carbocycles. The van der Waals surface area contributed by atoms with Crippen molar-refractivity contribution in [2.24, 2.45) is 11.8 Å². The number of hydrogen-bond acceptors (Lipinski definition) is 1. The lowest BCUT2D eigenvalue weighted by atomic mass is 9.76. The topological polar surface area (TPSA) is 3.24 Å². The molecule has 0 amide bonds.